The second kappa shape index (κ2) is 7.00. The van der Waals surface area contributed by atoms with Crippen molar-refractivity contribution in [1.82, 2.24) is 25.1 Å². The number of piperidine rings is 1. The van der Waals surface area contributed by atoms with Crippen molar-refractivity contribution in [2.75, 3.05) is 13.1 Å². The lowest BCUT2D eigenvalue weighted by Crippen LogP contribution is -2.38. The second-order valence-corrected chi connectivity index (χ2v) is 9.63. The number of hydrogen-bond acceptors (Lipinski definition) is 6. The molecule has 2 aliphatic rings. The highest BCUT2D eigenvalue weighted by molar-refractivity contribution is 7.23. The Morgan fingerprint density at radius 3 is 2.67 bits per heavy atom. The summed E-state index contributed by atoms with van der Waals surface area (Å²) < 4.78 is 0.729. The lowest BCUT2D eigenvalue weighted by atomic mass is 9.96. The molecule has 1 N–H and O–H groups in total. The van der Waals surface area contributed by atoms with Gasteiger partial charge < -0.3 is 4.90 Å². The summed E-state index contributed by atoms with van der Waals surface area (Å²) >= 11 is 8.96. The third-order valence-corrected chi connectivity index (χ3v) is 7.38. The van der Waals surface area contributed by atoms with Crippen molar-refractivity contribution in [2.24, 2.45) is 0 Å². The Balaban J connectivity index is 1.22. The summed E-state index contributed by atoms with van der Waals surface area (Å²) in [6.45, 7) is 1.45. The number of thiophene rings is 1. The third-order valence-electron chi connectivity index (χ3n) is 5.14. The zero-order chi connectivity index (χ0) is 18.4. The van der Waals surface area contributed by atoms with Crippen LogP contribution < -0.4 is 0 Å². The number of halogens is 1. The molecule has 0 bridgehead atoms. The van der Waals surface area contributed by atoms with E-state index < -0.39 is 0 Å². The minimum absolute atomic E-state index is 0.00911. The molecular weight excluding hydrogens is 402 g/mol. The van der Waals surface area contributed by atoms with E-state index in [0.717, 1.165) is 51.8 Å². The van der Waals surface area contributed by atoms with Crippen LogP contribution in [0.4, 0.5) is 0 Å². The Kier molecular flexibility index (Phi) is 4.49. The van der Waals surface area contributed by atoms with Gasteiger partial charge in [0, 0.05) is 30.3 Å². The van der Waals surface area contributed by atoms with E-state index in [1.54, 1.807) is 0 Å². The molecule has 5 rings (SSSR count). The van der Waals surface area contributed by atoms with Gasteiger partial charge in [0.2, 0.25) is 0 Å². The Labute approximate surface area is 169 Å². The predicted molar refractivity (Wildman–Crippen MR) is 107 cm³/mol. The molecule has 0 radical (unpaired) electrons. The number of thiazole rings is 1. The van der Waals surface area contributed by atoms with Crippen LogP contribution in [0, 0.1) is 0 Å². The molecule has 1 aliphatic carbocycles. The van der Waals surface area contributed by atoms with E-state index in [9.17, 15) is 4.79 Å². The number of nitrogens with zero attached hydrogens (tertiary/aromatic N) is 4. The van der Waals surface area contributed by atoms with E-state index in [1.165, 1.54) is 35.5 Å². The van der Waals surface area contributed by atoms with Crippen molar-refractivity contribution in [3.63, 3.8) is 0 Å². The SMILES string of the molecule is O=C(c1csc(-c2ccc(Cl)s2)n1)N1CCC(c2nc(C3CC3)n[nH]2)CC1. The van der Waals surface area contributed by atoms with Crippen LogP contribution in [0.3, 0.4) is 0 Å². The van der Waals surface area contributed by atoms with Crippen molar-refractivity contribution >= 4 is 40.2 Å². The van der Waals surface area contributed by atoms with Crippen molar-refractivity contribution in [3.05, 3.63) is 39.2 Å². The van der Waals surface area contributed by atoms with Gasteiger partial charge in [-0.3, -0.25) is 9.89 Å². The molecule has 0 unspecified atom stereocenters. The molecule has 3 aromatic heterocycles. The first kappa shape index (κ1) is 17.3. The smallest absolute Gasteiger partial charge is 0.273 e. The molecule has 0 aromatic carbocycles. The molecule has 0 spiro atoms. The van der Waals surface area contributed by atoms with Gasteiger partial charge in [-0.25, -0.2) is 9.97 Å². The lowest BCUT2D eigenvalue weighted by molar-refractivity contribution is 0.0706. The fourth-order valence-electron chi connectivity index (χ4n) is 3.43. The summed E-state index contributed by atoms with van der Waals surface area (Å²) in [6, 6.07) is 3.80. The van der Waals surface area contributed by atoms with Gasteiger partial charge in [-0.15, -0.1) is 22.7 Å². The van der Waals surface area contributed by atoms with Gasteiger partial charge in [0.15, 0.2) is 5.82 Å². The summed E-state index contributed by atoms with van der Waals surface area (Å²) in [4.78, 5) is 24.9. The maximum Gasteiger partial charge on any atom is 0.273 e. The topological polar surface area (TPSA) is 74.8 Å². The number of aromatic amines is 1. The van der Waals surface area contributed by atoms with Crippen LogP contribution in [0.2, 0.25) is 4.34 Å². The number of carbonyl (C=O) groups excluding carboxylic acids is 1. The number of hydrogen-bond donors (Lipinski definition) is 1. The van der Waals surface area contributed by atoms with Crippen LogP contribution in [0.5, 0.6) is 0 Å². The van der Waals surface area contributed by atoms with Crippen molar-refractivity contribution in [1.29, 1.82) is 0 Å². The van der Waals surface area contributed by atoms with Crippen LogP contribution in [-0.4, -0.2) is 44.1 Å². The number of rotatable bonds is 4. The Bertz CT molecular complexity index is 968. The fraction of sp³-hybridized carbons (Fsp3) is 0.444. The molecular formula is C18H18ClN5OS2. The molecule has 3 aromatic rings. The van der Waals surface area contributed by atoms with Gasteiger partial charge in [-0.2, -0.15) is 5.10 Å². The highest BCUT2D eigenvalue weighted by Crippen LogP contribution is 2.39. The average Bonchev–Trinajstić information content (AvgIpc) is 3.10. The first-order valence-electron chi connectivity index (χ1n) is 9.10. The standard InChI is InChI=1S/C18H18ClN5OS2/c19-14-4-3-13(27-14)17-20-12(9-26-17)18(25)24-7-5-11(6-8-24)16-21-15(22-23-16)10-1-2-10/h3-4,9-11H,1-2,5-8H2,(H,21,22,23). The first-order valence-corrected chi connectivity index (χ1v) is 11.2. The van der Waals surface area contributed by atoms with Gasteiger partial charge in [-0.1, -0.05) is 11.6 Å². The zero-order valence-corrected chi connectivity index (χ0v) is 16.9. The van der Waals surface area contributed by atoms with E-state index in [4.69, 9.17) is 11.6 Å². The molecule has 4 heterocycles. The Morgan fingerprint density at radius 1 is 1.15 bits per heavy atom. The molecule has 0 atom stereocenters. The van der Waals surface area contributed by atoms with Gasteiger partial charge in [0.1, 0.15) is 16.5 Å². The number of aromatic nitrogens is 4. The third kappa shape index (κ3) is 3.53. The van der Waals surface area contributed by atoms with Crippen LogP contribution in [0.25, 0.3) is 9.88 Å². The van der Waals surface area contributed by atoms with Gasteiger partial charge in [0.25, 0.3) is 5.91 Å². The van der Waals surface area contributed by atoms with E-state index in [-0.39, 0.29) is 5.91 Å². The molecule has 9 heteroatoms. The molecule has 27 heavy (non-hydrogen) atoms. The van der Waals surface area contributed by atoms with E-state index >= 15 is 0 Å². The van der Waals surface area contributed by atoms with E-state index in [1.807, 2.05) is 22.4 Å². The van der Waals surface area contributed by atoms with E-state index in [2.05, 4.69) is 20.2 Å². The van der Waals surface area contributed by atoms with Crippen LogP contribution in [0.1, 0.15) is 59.7 Å². The normalized spacial score (nSPS) is 18.2. The predicted octanol–water partition coefficient (Wildman–Crippen LogP) is 4.54. The summed E-state index contributed by atoms with van der Waals surface area (Å²) in [5.41, 5.74) is 0.522. The molecule has 1 amide bonds. The maximum absolute atomic E-state index is 12.8. The summed E-state index contributed by atoms with van der Waals surface area (Å²) in [5, 5.41) is 10.2. The minimum atomic E-state index is 0.00911. The summed E-state index contributed by atoms with van der Waals surface area (Å²) in [7, 11) is 0. The number of likely N-dealkylation sites (tertiary alicyclic amines) is 1. The Hall–Kier alpha value is -1.77. The van der Waals surface area contributed by atoms with Crippen LogP contribution in [0.15, 0.2) is 17.5 Å². The molecule has 1 aliphatic heterocycles. The molecule has 1 saturated carbocycles. The largest absolute Gasteiger partial charge is 0.337 e. The second-order valence-electron chi connectivity index (χ2n) is 7.06. The molecule has 6 nitrogen and oxygen atoms in total. The fourth-order valence-corrected chi connectivity index (χ4v) is 5.34. The first-order chi connectivity index (χ1) is 13.2. The van der Waals surface area contributed by atoms with E-state index in [0.29, 0.717) is 17.5 Å². The van der Waals surface area contributed by atoms with Gasteiger partial charge in [0.05, 0.1) is 9.21 Å². The molecule has 1 saturated heterocycles. The highest BCUT2D eigenvalue weighted by atomic mass is 35.5. The zero-order valence-electron chi connectivity index (χ0n) is 14.5. The summed E-state index contributed by atoms with van der Waals surface area (Å²) in [6.07, 6.45) is 4.22. The summed E-state index contributed by atoms with van der Waals surface area (Å²) in [5.74, 6) is 2.87. The molecule has 2 fully saturated rings. The molecule has 140 valence electrons. The van der Waals surface area contributed by atoms with Crippen molar-refractivity contribution < 1.29 is 4.79 Å². The van der Waals surface area contributed by atoms with Gasteiger partial charge in [-0.05, 0) is 37.8 Å². The van der Waals surface area contributed by atoms with Gasteiger partial charge >= 0.3 is 0 Å². The number of carbonyl (C=O) groups is 1. The maximum atomic E-state index is 12.8. The highest BCUT2D eigenvalue weighted by Gasteiger charge is 2.31. The monoisotopic (exact) mass is 419 g/mol. The quantitative estimate of drug-likeness (QED) is 0.673. The lowest BCUT2D eigenvalue weighted by Gasteiger charge is -2.30. The average molecular weight is 420 g/mol. The van der Waals surface area contributed by atoms with Crippen molar-refractivity contribution in [3.8, 4) is 9.88 Å². The van der Waals surface area contributed by atoms with Crippen LogP contribution >= 0.6 is 34.3 Å². The minimum Gasteiger partial charge on any atom is -0.337 e. The number of nitrogens with one attached hydrogen (secondary N) is 1. The van der Waals surface area contributed by atoms with Crippen LogP contribution in [-0.2, 0) is 0 Å². The van der Waals surface area contributed by atoms with Crippen molar-refractivity contribution in [2.45, 2.75) is 37.5 Å². The number of H-pyrrole nitrogens is 1. The number of amides is 1. The Morgan fingerprint density at radius 2 is 1.96 bits per heavy atom.